The van der Waals surface area contributed by atoms with E-state index in [4.69, 9.17) is 0 Å². The first kappa shape index (κ1) is 14.2. The molecule has 1 aliphatic heterocycles. The lowest BCUT2D eigenvalue weighted by atomic mass is 10.1. The highest BCUT2D eigenvalue weighted by molar-refractivity contribution is 5.99. The number of aromatic nitrogens is 1. The number of carbonyl (C=O) groups is 1. The Morgan fingerprint density at radius 2 is 1.71 bits per heavy atom. The van der Waals surface area contributed by atoms with Gasteiger partial charge in [0.25, 0.3) is 5.91 Å². The molecule has 1 aromatic heterocycles. The van der Waals surface area contributed by atoms with Crippen LogP contribution in [-0.4, -0.2) is 28.9 Å². The van der Waals surface area contributed by atoms with Crippen LogP contribution in [-0.2, 0) is 0 Å². The molecule has 0 unspecified atom stereocenters. The second-order valence-corrected chi connectivity index (χ2v) is 6.20. The molecular formula is C18H24N2O. The van der Waals surface area contributed by atoms with Gasteiger partial charge in [0.2, 0.25) is 0 Å². The number of aromatic amines is 1. The Labute approximate surface area is 126 Å². The molecule has 3 rings (SSSR count). The Morgan fingerprint density at radius 1 is 1.05 bits per heavy atom. The predicted octanol–water partition coefficient (Wildman–Crippen LogP) is 4.19. The third-order valence-electron chi connectivity index (χ3n) is 4.70. The highest BCUT2D eigenvalue weighted by atomic mass is 16.2. The summed E-state index contributed by atoms with van der Waals surface area (Å²) in [6.45, 7) is 6.00. The summed E-state index contributed by atoms with van der Waals surface area (Å²) >= 11 is 0. The zero-order chi connectivity index (χ0) is 14.8. The molecule has 0 radical (unpaired) electrons. The van der Waals surface area contributed by atoms with Gasteiger partial charge >= 0.3 is 0 Å². The number of rotatable bonds is 1. The lowest BCUT2D eigenvalue weighted by Crippen LogP contribution is -2.33. The van der Waals surface area contributed by atoms with Crippen LogP contribution in [0.25, 0.3) is 10.9 Å². The summed E-state index contributed by atoms with van der Waals surface area (Å²) in [4.78, 5) is 18.1. The van der Waals surface area contributed by atoms with Crippen molar-refractivity contribution in [3.05, 3.63) is 35.0 Å². The number of carbonyl (C=O) groups excluding carboxylic acids is 1. The van der Waals surface area contributed by atoms with Crippen molar-refractivity contribution in [2.45, 2.75) is 46.0 Å². The van der Waals surface area contributed by atoms with Gasteiger partial charge < -0.3 is 9.88 Å². The number of amides is 1. The zero-order valence-electron chi connectivity index (χ0n) is 13.0. The molecule has 0 atom stereocenters. The first-order chi connectivity index (χ1) is 10.2. The number of H-pyrrole nitrogens is 1. The van der Waals surface area contributed by atoms with Crippen molar-refractivity contribution in [1.29, 1.82) is 0 Å². The van der Waals surface area contributed by atoms with Gasteiger partial charge in [0.1, 0.15) is 0 Å². The number of fused-ring (bicyclic) bond motifs is 1. The minimum atomic E-state index is 0.192. The summed E-state index contributed by atoms with van der Waals surface area (Å²) in [6, 6.07) is 6.04. The van der Waals surface area contributed by atoms with Crippen molar-refractivity contribution in [2.24, 2.45) is 0 Å². The number of hydrogen-bond acceptors (Lipinski definition) is 1. The van der Waals surface area contributed by atoms with Gasteiger partial charge in [0.05, 0.1) is 0 Å². The lowest BCUT2D eigenvalue weighted by molar-refractivity contribution is 0.0742. The van der Waals surface area contributed by atoms with Crippen LogP contribution in [0, 0.1) is 13.8 Å². The normalized spacial score (nSPS) is 16.8. The second kappa shape index (κ2) is 5.92. The summed E-state index contributed by atoms with van der Waals surface area (Å²) in [7, 11) is 0. The SMILES string of the molecule is Cc1[nH]c2ccc(C(=O)N3CCCCCCC3)cc2c1C. The smallest absolute Gasteiger partial charge is 0.253 e. The summed E-state index contributed by atoms with van der Waals surface area (Å²) in [5.74, 6) is 0.192. The molecule has 21 heavy (non-hydrogen) atoms. The Morgan fingerprint density at radius 3 is 2.43 bits per heavy atom. The number of benzene rings is 1. The van der Waals surface area contributed by atoms with E-state index in [0.717, 1.165) is 37.0 Å². The molecule has 1 saturated heterocycles. The van der Waals surface area contributed by atoms with Crippen LogP contribution in [0.1, 0.15) is 53.7 Å². The van der Waals surface area contributed by atoms with Gasteiger partial charge in [-0.25, -0.2) is 0 Å². The van der Waals surface area contributed by atoms with Gasteiger partial charge in [-0.1, -0.05) is 19.3 Å². The maximum Gasteiger partial charge on any atom is 0.253 e. The zero-order valence-corrected chi connectivity index (χ0v) is 13.0. The van der Waals surface area contributed by atoms with Gasteiger partial charge in [-0.15, -0.1) is 0 Å². The van der Waals surface area contributed by atoms with E-state index in [1.54, 1.807) is 0 Å². The number of hydrogen-bond donors (Lipinski definition) is 1. The topological polar surface area (TPSA) is 36.1 Å². The molecule has 2 aromatic rings. The summed E-state index contributed by atoms with van der Waals surface area (Å²) in [6.07, 6.45) is 6.08. The van der Waals surface area contributed by atoms with Crippen molar-refractivity contribution in [3.63, 3.8) is 0 Å². The molecule has 1 aliphatic rings. The molecule has 2 heterocycles. The molecule has 1 fully saturated rings. The highest BCUT2D eigenvalue weighted by Crippen LogP contribution is 2.23. The molecule has 0 bridgehead atoms. The van der Waals surface area contributed by atoms with E-state index in [1.807, 2.05) is 17.0 Å². The largest absolute Gasteiger partial charge is 0.358 e. The van der Waals surface area contributed by atoms with Crippen LogP contribution in [0.3, 0.4) is 0 Å². The minimum absolute atomic E-state index is 0.192. The van der Waals surface area contributed by atoms with E-state index in [1.165, 1.54) is 35.9 Å². The maximum absolute atomic E-state index is 12.7. The van der Waals surface area contributed by atoms with Crippen LogP contribution in [0.5, 0.6) is 0 Å². The molecule has 3 nitrogen and oxygen atoms in total. The maximum atomic E-state index is 12.7. The highest BCUT2D eigenvalue weighted by Gasteiger charge is 2.17. The van der Waals surface area contributed by atoms with Gasteiger partial charge in [-0.2, -0.15) is 0 Å². The quantitative estimate of drug-likeness (QED) is 0.837. The minimum Gasteiger partial charge on any atom is -0.358 e. The van der Waals surface area contributed by atoms with E-state index in [2.05, 4.69) is 24.9 Å². The van der Waals surface area contributed by atoms with Gasteiger partial charge in [0.15, 0.2) is 0 Å². The van der Waals surface area contributed by atoms with Crippen LogP contribution >= 0.6 is 0 Å². The molecule has 0 spiro atoms. The van der Waals surface area contributed by atoms with Crippen LogP contribution in [0.2, 0.25) is 0 Å². The monoisotopic (exact) mass is 284 g/mol. The lowest BCUT2D eigenvalue weighted by Gasteiger charge is -2.25. The fourth-order valence-corrected chi connectivity index (χ4v) is 3.23. The van der Waals surface area contributed by atoms with E-state index in [0.29, 0.717) is 0 Å². The molecular weight excluding hydrogens is 260 g/mol. The summed E-state index contributed by atoms with van der Waals surface area (Å²) in [5, 5.41) is 1.17. The molecule has 1 N–H and O–H groups in total. The number of likely N-dealkylation sites (tertiary alicyclic amines) is 1. The Hall–Kier alpha value is -1.77. The predicted molar refractivity (Wildman–Crippen MR) is 86.8 cm³/mol. The number of nitrogens with zero attached hydrogens (tertiary/aromatic N) is 1. The third-order valence-corrected chi connectivity index (χ3v) is 4.70. The van der Waals surface area contributed by atoms with Gasteiger partial charge in [0, 0.05) is 35.2 Å². The standard InChI is InChI=1S/C18H24N2O/c1-13-14(2)19-17-9-8-15(12-16(13)17)18(21)20-10-6-4-3-5-7-11-20/h8-9,12,19H,3-7,10-11H2,1-2H3. The molecule has 0 saturated carbocycles. The summed E-state index contributed by atoms with van der Waals surface area (Å²) in [5.41, 5.74) is 4.37. The summed E-state index contributed by atoms with van der Waals surface area (Å²) < 4.78 is 0. The van der Waals surface area contributed by atoms with Gasteiger partial charge in [-0.05, 0) is 50.5 Å². The van der Waals surface area contributed by atoms with Crippen molar-refractivity contribution in [2.75, 3.05) is 13.1 Å². The van der Waals surface area contributed by atoms with Crippen molar-refractivity contribution in [1.82, 2.24) is 9.88 Å². The van der Waals surface area contributed by atoms with Crippen LogP contribution in [0.15, 0.2) is 18.2 Å². The molecule has 1 amide bonds. The van der Waals surface area contributed by atoms with E-state index >= 15 is 0 Å². The molecule has 1 aromatic carbocycles. The van der Waals surface area contributed by atoms with Crippen LogP contribution in [0.4, 0.5) is 0 Å². The molecule has 3 heteroatoms. The number of nitrogens with one attached hydrogen (secondary N) is 1. The first-order valence-corrected chi connectivity index (χ1v) is 8.05. The third kappa shape index (κ3) is 2.82. The Bertz CT molecular complexity index is 649. The molecule has 0 aliphatic carbocycles. The average Bonchev–Trinajstić information content (AvgIpc) is 2.73. The second-order valence-electron chi connectivity index (χ2n) is 6.20. The fraction of sp³-hybridized carbons (Fsp3) is 0.500. The van der Waals surface area contributed by atoms with E-state index in [-0.39, 0.29) is 5.91 Å². The number of aryl methyl sites for hydroxylation is 2. The van der Waals surface area contributed by atoms with Crippen molar-refractivity contribution in [3.8, 4) is 0 Å². The van der Waals surface area contributed by atoms with Crippen LogP contribution < -0.4 is 0 Å². The van der Waals surface area contributed by atoms with Crippen molar-refractivity contribution >= 4 is 16.8 Å². The van der Waals surface area contributed by atoms with Crippen molar-refractivity contribution < 1.29 is 4.79 Å². The molecule has 112 valence electrons. The fourth-order valence-electron chi connectivity index (χ4n) is 3.23. The first-order valence-electron chi connectivity index (χ1n) is 8.05. The Balaban J connectivity index is 1.87. The van der Waals surface area contributed by atoms with E-state index in [9.17, 15) is 4.79 Å². The van der Waals surface area contributed by atoms with E-state index < -0.39 is 0 Å². The Kier molecular flexibility index (Phi) is 4.00. The van der Waals surface area contributed by atoms with Gasteiger partial charge in [-0.3, -0.25) is 4.79 Å². The average molecular weight is 284 g/mol.